The minimum absolute atomic E-state index is 0.272. The topological polar surface area (TPSA) is 38.3 Å². The summed E-state index contributed by atoms with van der Waals surface area (Å²) in [6.45, 7) is 0.828. The number of carbonyl (C=O) groups excluding carboxylic acids is 1. The summed E-state index contributed by atoms with van der Waals surface area (Å²) in [5.41, 5.74) is 0. The molecule has 0 aromatic rings. The molecule has 2 aliphatic carbocycles. The van der Waals surface area contributed by atoms with Crippen LogP contribution in [0, 0.1) is 11.8 Å². The molecular weight excluding hydrogens is 238 g/mol. The Morgan fingerprint density at radius 1 is 1.11 bits per heavy atom. The molecule has 2 saturated carbocycles. The van der Waals surface area contributed by atoms with Crippen LogP contribution >= 0.6 is 0 Å². The Morgan fingerprint density at radius 3 is 2.63 bits per heavy atom. The maximum absolute atomic E-state index is 12.0. The zero-order chi connectivity index (χ0) is 13.1. The Kier molecular flexibility index (Phi) is 4.42. The van der Waals surface area contributed by atoms with Gasteiger partial charge >= 0.3 is 0 Å². The number of carbonyl (C=O) groups is 1. The molecule has 3 nitrogen and oxygen atoms in total. The van der Waals surface area contributed by atoms with E-state index in [0.29, 0.717) is 12.1 Å². The molecule has 19 heavy (non-hydrogen) atoms. The first-order valence-electron chi connectivity index (χ1n) is 8.22. The van der Waals surface area contributed by atoms with Gasteiger partial charge in [0.1, 0.15) is 0 Å². The Labute approximate surface area is 116 Å². The van der Waals surface area contributed by atoms with Crippen LogP contribution in [0.1, 0.15) is 64.2 Å². The normalized spacial score (nSPS) is 32.4. The molecule has 1 saturated heterocycles. The van der Waals surface area contributed by atoms with Crippen molar-refractivity contribution in [2.24, 2.45) is 11.8 Å². The molecule has 108 valence electrons. The highest BCUT2D eigenvalue weighted by Gasteiger charge is 2.36. The highest BCUT2D eigenvalue weighted by Crippen LogP contribution is 2.38. The molecule has 1 aliphatic heterocycles. The minimum atomic E-state index is 0.272. The summed E-state index contributed by atoms with van der Waals surface area (Å²) in [5.74, 6) is 1.88. The molecule has 1 heterocycles. The molecule has 3 fully saturated rings. The molecule has 0 radical (unpaired) electrons. The van der Waals surface area contributed by atoms with Crippen LogP contribution in [0.4, 0.5) is 0 Å². The van der Waals surface area contributed by atoms with Crippen molar-refractivity contribution in [1.82, 2.24) is 5.32 Å². The second-order valence-corrected chi connectivity index (χ2v) is 6.72. The lowest BCUT2D eigenvalue weighted by Crippen LogP contribution is -2.42. The predicted octanol–water partition coefficient (Wildman–Crippen LogP) is 3.03. The van der Waals surface area contributed by atoms with Crippen molar-refractivity contribution in [3.63, 3.8) is 0 Å². The first-order chi connectivity index (χ1) is 9.31. The molecule has 2 atom stereocenters. The summed E-state index contributed by atoms with van der Waals surface area (Å²) < 4.78 is 5.80. The minimum Gasteiger partial charge on any atom is -0.378 e. The van der Waals surface area contributed by atoms with Gasteiger partial charge in [0.25, 0.3) is 0 Å². The van der Waals surface area contributed by atoms with Crippen LogP contribution in [0.2, 0.25) is 0 Å². The van der Waals surface area contributed by atoms with Gasteiger partial charge in [0.05, 0.1) is 6.10 Å². The van der Waals surface area contributed by atoms with Crippen molar-refractivity contribution in [3.05, 3.63) is 0 Å². The molecular formula is C16H27NO2. The van der Waals surface area contributed by atoms with Crippen molar-refractivity contribution >= 4 is 5.91 Å². The van der Waals surface area contributed by atoms with Gasteiger partial charge in [-0.2, -0.15) is 0 Å². The maximum Gasteiger partial charge on any atom is 0.220 e. The van der Waals surface area contributed by atoms with E-state index < -0.39 is 0 Å². The van der Waals surface area contributed by atoms with E-state index in [9.17, 15) is 4.79 Å². The molecule has 0 bridgehead atoms. The summed E-state index contributed by atoms with van der Waals surface area (Å²) in [6.07, 6.45) is 12.4. The predicted molar refractivity (Wildman–Crippen MR) is 74.8 cm³/mol. The summed E-state index contributed by atoms with van der Waals surface area (Å²) in [5, 5.41) is 3.24. The molecule has 0 spiro atoms. The quantitative estimate of drug-likeness (QED) is 0.829. The SMILES string of the molecule is O=C(CCC1CCCC1)N[C@H]1CCO[C@@H](C2CC2)C1. The van der Waals surface area contributed by atoms with Crippen LogP contribution in [-0.4, -0.2) is 24.7 Å². The van der Waals surface area contributed by atoms with Crippen LogP contribution in [-0.2, 0) is 9.53 Å². The van der Waals surface area contributed by atoms with E-state index in [1.807, 2.05) is 0 Å². The monoisotopic (exact) mass is 265 g/mol. The molecule has 0 aromatic heterocycles. The lowest BCUT2D eigenvalue weighted by molar-refractivity contribution is -0.123. The fourth-order valence-corrected chi connectivity index (χ4v) is 3.69. The van der Waals surface area contributed by atoms with Gasteiger partial charge in [0.2, 0.25) is 5.91 Å². The van der Waals surface area contributed by atoms with E-state index in [1.165, 1.54) is 38.5 Å². The fraction of sp³-hybridized carbons (Fsp3) is 0.938. The molecule has 3 rings (SSSR count). The average Bonchev–Trinajstić information content (AvgIpc) is 3.14. The summed E-state index contributed by atoms with van der Waals surface area (Å²) in [6, 6.07) is 0.371. The van der Waals surface area contributed by atoms with Crippen molar-refractivity contribution in [3.8, 4) is 0 Å². The Morgan fingerprint density at radius 2 is 1.89 bits per heavy atom. The molecule has 1 amide bonds. The van der Waals surface area contributed by atoms with Crippen molar-refractivity contribution < 1.29 is 9.53 Å². The average molecular weight is 265 g/mol. The molecule has 0 unspecified atom stereocenters. The van der Waals surface area contributed by atoms with Crippen molar-refractivity contribution in [2.75, 3.05) is 6.61 Å². The van der Waals surface area contributed by atoms with Gasteiger partial charge in [0.15, 0.2) is 0 Å². The van der Waals surface area contributed by atoms with E-state index in [4.69, 9.17) is 4.74 Å². The Bertz CT molecular complexity index is 308. The highest BCUT2D eigenvalue weighted by atomic mass is 16.5. The third-order valence-corrected chi connectivity index (χ3v) is 5.08. The van der Waals surface area contributed by atoms with Crippen LogP contribution in [0.25, 0.3) is 0 Å². The van der Waals surface area contributed by atoms with Gasteiger partial charge in [-0.1, -0.05) is 25.7 Å². The standard InChI is InChI=1S/C16H27NO2/c18-16(8-5-12-3-1-2-4-12)17-14-9-10-19-15(11-14)13-6-7-13/h12-15H,1-11H2,(H,17,18)/t14-,15+/m0/s1. The number of ether oxygens (including phenoxy) is 1. The number of rotatable bonds is 5. The summed E-state index contributed by atoms with van der Waals surface area (Å²) in [7, 11) is 0. The fourth-order valence-electron chi connectivity index (χ4n) is 3.69. The summed E-state index contributed by atoms with van der Waals surface area (Å²) >= 11 is 0. The lowest BCUT2D eigenvalue weighted by atomic mass is 9.98. The van der Waals surface area contributed by atoms with Gasteiger partial charge < -0.3 is 10.1 Å². The third kappa shape index (κ3) is 3.95. The van der Waals surface area contributed by atoms with E-state index >= 15 is 0 Å². The zero-order valence-corrected chi connectivity index (χ0v) is 11.9. The molecule has 1 N–H and O–H groups in total. The second kappa shape index (κ2) is 6.25. The Balaban J connectivity index is 1.36. The Hall–Kier alpha value is -0.570. The second-order valence-electron chi connectivity index (χ2n) is 6.72. The maximum atomic E-state index is 12.0. The van der Waals surface area contributed by atoms with Crippen molar-refractivity contribution in [2.45, 2.75) is 76.4 Å². The van der Waals surface area contributed by atoms with Crippen LogP contribution in [0.15, 0.2) is 0 Å². The van der Waals surface area contributed by atoms with Gasteiger partial charge in [0, 0.05) is 19.1 Å². The van der Waals surface area contributed by atoms with Gasteiger partial charge in [-0.3, -0.25) is 4.79 Å². The molecule has 3 aliphatic rings. The van der Waals surface area contributed by atoms with Crippen LogP contribution in [0.3, 0.4) is 0 Å². The largest absolute Gasteiger partial charge is 0.378 e. The first kappa shape index (κ1) is 13.4. The van der Waals surface area contributed by atoms with Crippen LogP contribution in [0.5, 0.6) is 0 Å². The smallest absolute Gasteiger partial charge is 0.220 e. The summed E-state index contributed by atoms with van der Waals surface area (Å²) in [4.78, 5) is 12.0. The number of nitrogens with one attached hydrogen (secondary N) is 1. The lowest BCUT2D eigenvalue weighted by Gasteiger charge is -2.30. The number of amides is 1. The number of hydrogen-bond donors (Lipinski definition) is 1. The van der Waals surface area contributed by atoms with Gasteiger partial charge in [-0.25, -0.2) is 0 Å². The molecule has 0 aromatic carbocycles. The van der Waals surface area contributed by atoms with Crippen molar-refractivity contribution in [1.29, 1.82) is 0 Å². The third-order valence-electron chi connectivity index (χ3n) is 5.08. The van der Waals surface area contributed by atoms with Crippen LogP contribution < -0.4 is 5.32 Å². The number of hydrogen-bond acceptors (Lipinski definition) is 2. The first-order valence-corrected chi connectivity index (χ1v) is 8.22. The van der Waals surface area contributed by atoms with E-state index in [1.54, 1.807) is 0 Å². The van der Waals surface area contributed by atoms with Gasteiger partial charge in [-0.15, -0.1) is 0 Å². The molecule has 3 heteroatoms. The van der Waals surface area contributed by atoms with E-state index in [-0.39, 0.29) is 5.91 Å². The van der Waals surface area contributed by atoms with E-state index in [2.05, 4.69) is 5.32 Å². The van der Waals surface area contributed by atoms with E-state index in [0.717, 1.165) is 44.1 Å². The highest BCUT2D eigenvalue weighted by molar-refractivity contribution is 5.76. The zero-order valence-electron chi connectivity index (χ0n) is 11.9. The van der Waals surface area contributed by atoms with Gasteiger partial charge in [-0.05, 0) is 43.9 Å².